The van der Waals surface area contributed by atoms with Gasteiger partial charge in [-0.25, -0.2) is 0 Å². The molecule has 63 heavy (non-hydrogen) atoms. The summed E-state index contributed by atoms with van der Waals surface area (Å²) in [4.78, 5) is 41.4. The molecule has 0 radical (unpaired) electrons. The number of aliphatic hydroxyl groups excluding tert-OH is 5. The molecule has 0 aromatic heterocycles. The summed E-state index contributed by atoms with van der Waals surface area (Å²) in [5.41, 5.74) is -0.837. The van der Waals surface area contributed by atoms with Gasteiger partial charge in [0.2, 0.25) is 0 Å². The van der Waals surface area contributed by atoms with Gasteiger partial charge >= 0.3 is 5.97 Å². The van der Waals surface area contributed by atoms with E-state index < -0.39 is 140 Å². The minimum absolute atomic E-state index is 0.0407. The van der Waals surface area contributed by atoms with E-state index >= 15 is 0 Å². The molecule has 18 nitrogen and oxygen atoms in total. The molecule has 6 N–H and O–H groups in total. The van der Waals surface area contributed by atoms with Crippen LogP contribution in [0.2, 0.25) is 0 Å². The van der Waals surface area contributed by atoms with E-state index in [1.807, 2.05) is 13.0 Å². The molecule has 4 aliphatic rings. The van der Waals surface area contributed by atoms with Crippen LogP contribution < -0.4 is 0 Å². The molecule has 4 rings (SSSR count). The lowest BCUT2D eigenvalue weighted by Gasteiger charge is -2.50. The molecule has 0 aliphatic carbocycles. The molecule has 0 spiro atoms. The lowest BCUT2D eigenvalue weighted by molar-refractivity contribution is -0.341. The molecule has 0 amide bonds. The highest BCUT2D eigenvalue weighted by Gasteiger charge is 2.51. The molecule has 0 aromatic carbocycles. The number of carbonyl (C=O) groups excluding carboxylic acids is 3. The number of hydrogen-bond acceptors (Lipinski definition) is 18. The van der Waals surface area contributed by atoms with Gasteiger partial charge in [0.05, 0.1) is 55.2 Å². The SMILES string of the molecule is CC[C@H]1OC(=O)C[C@@H](O)[C@H](C)[C@@H](O[C@@H]2O[C@H](C)[C@@H](O[C@H]3C[C@@](C)(O)[C@@H](O)[C@H](C)O3)[C@H](N(C)C)[C@H]2O)[C@@H](CC=O)C[C@@H](C)C(=O)/C=C\C(C)=C\[C@@H]1CO[C@@H]1O[C@H](C)[C@@H](O)[C@@H](O)[C@H]1OC. The predicted octanol–water partition coefficient (Wildman–Crippen LogP) is 1.18. The van der Waals surface area contributed by atoms with Crippen LogP contribution in [0.4, 0.5) is 0 Å². The van der Waals surface area contributed by atoms with Crippen molar-refractivity contribution in [2.75, 3.05) is 27.8 Å². The number of carbonyl (C=O) groups is 3. The Kier molecular flexibility index (Phi) is 19.9. The number of cyclic esters (lactones) is 1. The molecule has 362 valence electrons. The minimum atomic E-state index is -1.49. The fourth-order valence-corrected chi connectivity index (χ4v) is 9.26. The number of ketones is 1. The van der Waals surface area contributed by atoms with Crippen LogP contribution in [0.1, 0.15) is 87.5 Å². The van der Waals surface area contributed by atoms with Crippen LogP contribution in [0.3, 0.4) is 0 Å². The molecular weight excluding hydrogens is 826 g/mol. The van der Waals surface area contributed by atoms with Gasteiger partial charge in [0.15, 0.2) is 24.7 Å². The van der Waals surface area contributed by atoms with Crippen molar-refractivity contribution in [1.82, 2.24) is 4.90 Å². The second-order valence-corrected chi connectivity index (χ2v) is 18.5. The summed E-state index contributed by atoms with van der Waals surface area (Å²) in [6.07, 6.45) is -10.0. The zero-order valence-electron chi connectivity index (χ0n) is 38.7. The maximum absolute atomic E-state index is 13.7. The first-order valence-corrected chi connectivity index (χ1v) is 22.3. The van der Waals surface area contributed by atoms with E-state index in [0.29, 0.717) is 18.3 Å². The summed E-state index contributed by atoms with van der Waals surface area (Å²) < 4.78 is 48.5. The average Bonchev–Trinajstić information content (AvgIpc) is 3.21. The second-order valence-electron chi connectivity index (χ2n) is 18.5. The second kappa shape index (κ2) is 23.5. The Morgan fingerprint density at radius 1 is 0.873 bits per heavy atom. The quantitative estimate of drug-likeness (QED) is 0.119. The Morgan fingerprint density at radius 3 is 2.14 bits per heavy atom. The number of rotatable bonds is 12. The largest absolute Gasteiger partial charge is 0.462 e. The van der Waals surface area contributed by atoms with Gasteiger partial charge in [-0.15, -0.1) is 0 Å². The Labute approximate surface area is 371 Å². The Balaban J connectivity index is 1.62. The van der Waals surface area contributed by atoms with Crippen LogP contribution in [-0.2, 0) is 52.3 Å². The standard InChI is InChI=1S/C45H75NO17/c1-12-32-29(21-57-44-41(56-11)38(53)36(51)25(5)59-44)17-22(2)13-14-30(48)23(3)18-28(15-16-47)39(24(4)31(49)19-33(50)61-32)63-43-37(52)35(46(9)10)40(26(6)60-43)62-34-20-45(8,55)42(54)27(7)58-34/h13-14,16-17,23-29,31-32,34-44,49,51-55H,12,15,18-21H2,1-11H3/b14-13-,22-17+/t23-,24+,25-,26-,27+,28+,29-,31-,32-,34+,35-,36-,37-,38-,39-,40-,41-,42+,43+,44-,45-/m1/s1. The lowest BCUT2D eigenvalue weighted by atomic mass is 9.79. The Morgan fingerprint density at radius 2 is 1.54 bits per heavy atom. The fourth-order valence-electron chi connectivity index (χ4n) is 9.26. The number of aliphatic hydroxyl groups is 6. The van der Waals surface area contributed by atoms with Gasteiger partial charge in [0.25, 0.3) is 0 Å². The first-order chi connectivity index (χ1) is 29.5. The molecule has 0 saturated carbocycles. The molecule has 3 fully saturated rings. The first-order valence-electron chi connectivity index (χ1n) is 22.3. The summed E-state index contributed by atoms with van der Waals surface area (Å²) in [5, 5.41) is 66.0. The third kappa shape index (κ3) is 13.4. The van der Waals surface area contributed by atoms with Crippen molar-refractivity contribution in [3.63, 3.8) is 0 Å². The highest BCUT2D eigenvalue weighted by molar-refractivity contribution is 5.91. The van der Waals surface area contributed by atoms with Crippen LogP contribution in [0.25, 0.3) is 0 Å². The highest BCUT2D eigenvalue weighted by atomic mass is 16.7. The maximum Gasteiger partial charge on any atom is 0.308 e. The topological polar surface area (TPSA) is 250 Å². The molecule has 21 atom stereocenters. The van der Waals surface area contributed by atoms with Gasteiger partial charge in [-0.3, -0.25) is 9.59 Å². The van der Waals surface area contributed by atoms with Crippen molar-refractivity contribution in [3.05, 3.63) is 23.8 Å². The highest BCUT2D eigenvalue weighted by Crippen LogP contribution is 2.37. The van der Waals surface area contributed by atoms with E-state index in [-0.39, 0.29) is 31.7 Å². The lowest BCUT2D eigenvalue weighted by Crippen LogP contribution is -2.65. The number of hydrogen-bond donors (Lipinski definition) is 6. The summed E-state index contributed by atoms with van der Waals surface area (Å²) in [6.45, 7) is 13.4. The maximum atomic E-state index is 13.7. The molecule has 0 unspecified atom stereocenters. The van der Waals surface area contributed by atoms with E-state index in [4.69, 9.17) is 37.9 Å². The molecule has 4 heterocycles. The van der Waals surface area contributed by atoms with Crippen molar-refractivity contribution in [2.24, 2.45) is 23.7 Å². The molecular formula is C45H75NO17. The van der Waals surface area contributed by atoms with Gasteiger partial charge < -0.3 is 78.2 Å². The average molecular weight is 902 g/mol. The summed E-state index contributed by atoms with van der Waals surface area (Å²) in [6, 6.07) is -0.754. The van der Waals surface area contributed by atoms with Crippen LogP contribution in [0, 0.1) is 23.7 Å². The normalized spacial score (nSPS) is 46.5. The van der Waals surface area contributed by atoms with Gasteiger partial charge in [-0.2, -0.15) is 0 Å². The van der Waals surface area contributed by atoms with Crippen molar-refractivity contribution in [3.8, 4) is 0 Å². The predicted molar refractivity (Wildman–Crippen MR) is 226 cm³/mol. The molecule has 0 bridgehead atoms. The van der Waals surface area contributed by atoms with Crippen molar-refractivity contribution < 1.29 is 82.9 Å². The molecule has 3 saturated heterocycles. The van der Waals surface area contributed by atoms with Gasteiger partial charge in [0.1, 0.15) is 49.0 Å². The Bertz CT molecular complexity index is 1540. The third-order valence-electron chi connectivity index (χ3n) is 13.2. The van der Waals surface area contributed by atoms with Crippen molar-refractivity contribution in [2.45, 2.75) is 191 Å². The number of ether oxygens (including phenoxy) is 8. The number of likely N-dealkylation sites (N-methyl/N-ethyl adjacent to an activating group) is 1. The van der Waals surface area contributed by atoms with Crippen LogP contribution in [0.15, 0.2) is 23.8 Å². The zero-order valence-corrected chi connectivity index (χ0v) is 38.7. The number of methoxy groups -OCH3 is 1. The van der Waals surface area contributed by atoms with E-state index in [9.17, 15) is 45.0 Å². The van der Waals surface area contributed by atoms with Crippen LogP contribution >= 0.6 is 0 Å². The van der Waals surface area contributed by atoms with Crippen LogP contribution in [0.5, 0.6) is 0 Å². The molecule has 0 aromatic rings. The monoisotopic (exact) mass is 902 g/mol. The molecule has 18 heteroatoms. The number of aldehydes is 1. The van der Waals surface area contributed by atoms with Gasteiger partial charge in [0, 0.05) is 37.7 Å². The summed E-state index contributed by atoms with van der Waals surface area (Å²) in [5.74, 6) is -3.70. The Hall–Kier alpha value is -2.27. The van der Waals surface area contributed by atoms with E-state index in [2.05, 4.69) is 0 Å². The molecule has 4 aliphatic heterocycles. The fraction of sp³-hybridized carbons (Fsp3) is 0.844. The smallest absolute Gasteiger partial charge is 0.308 e. The summed E-state index contributed by atoms with van der Waals surface area (Å²) in [7, 11) is 4.86. The van der Waals surface area contributed by atoms with Gasteiger partial charge in [-0.05, 0) is 73.5 Å². The minimum Gasteiger partial charge on any atom is -0.462 e. The van der Waals surface area contributed by atoms with E-state index in [1.165, 1.54) is 20.1 Å². The zero-order chi connectivity index (χ0) is 47.1. The van der Waals surface area contributed by atoms with E-state index in [0.717, 1.165) is 0 Å². The van der Waals surface area contributed by atoms with Crippen LogP contribution in [-0.4, -0.2) is 185 Å². The number of nitrogens with zero attached hydrogens (tertiary/aromatic N) is 1. The summed E-state index contributed by atoms with van der Waals surface area (Å²) >= 11 is 0. The third-order valence-corrected chi connectivity index (χ3v) is 13.2. The van der Waals surface area contributed by atoms with Gasteiger partial charge in [-0.1, -0.05) is 38.5 Å². The van der Waals surface area contributed by atoms with Crippen molar-refractivity contribution in [1.29, 1.82) is 0 Å². The van der Waals surface area contributed by atoms with Crippen molar-refractivity contribution >= 4 is 18.0 Å². The number of esters is 1. The van der Waals surface area contributed by atoms with E-state index in [1.54, 1.807) is 66.6 Å². The first kappa shape index (κ1) is 53.3. The number of allylic oxidation sites excluding steroid dienone is 3.